The van der Waals surface area contributed by atoms with E-state index in [2.05, 4.69) is 168 Å². The van der Waals surface area contributed by atoms with Crippen molar-refractivity contribution >= 4 is 104 Å². The molecule has 2 aliphatic rings. The first-order valence-corrected chi connectivity index (χ1v) is 22.2. The molecule has 3 nitrogen and oxygen atoms in total. The Morgan fingerprint density at radius 2 is 1.25 bits per heavy atom. The lowest BCUT2D eigenvalue weighted by Gasteiger charge is -2.13. The number of nitrogens with zero attached hydrogens (tertiary/aromatic N) is 3. The average molecular weight is 790 g/mol. The highest BCUT2D eigenvalue weighted by Gasteiger charge is 2.21. The molecule has 0 fully saturated rings. The summed E-state index contributed by atoms with van der Waals surface area (Å²) in [7, 11) is 0. The third-order valence-corrected chi connectivity index (χ3v) is 15.0. The lowest BCUT2D eigenvalue weighted by Crippen LogP contribution is -2.34. The van der Waals surface area contributed by atoms with Crippen molar-refractivity contribution in [2.75, 3.05) is 0 Å². The van der Waals surface area contributed by atoms with Crippen LogP contribution >= 0.6 is 22.7 Å². The molecule has 7 aromatic carbocycles. The zero-order valence-electron chi connectivity index (χ0n) is 32.1. The smallest absolute Gasteiger partial charge is 0.235 e. The van der Waals surface area contributed by atoms with Gasteiger partial charge in [0.1, 0.15) is 0 Å². The number of aromatic nitrogens is 3. The second-order valence-corrected chi connectivity index (χ2v) is 17.9. The number of rotatable bonds is 4. The van der Waals surface area contributed by atoms with Crippen LogP contribution in [-0.2, 0) is 6.42 Å². The second kappa shape index (κ2) is 12.9. The van der Waals surface area contributed by atoms with Crippen LogP contribution in [0.4, 0.5) is 0 Å². The first-order valence-electron chi connectivity index (χ1n) is 20.5. The number of fused-ring (bicyclic) bond motifs is 12. The maximum absolute atomic E-state index is 5.52. The van der Waals surface area contributed by atoms with E-state index in [0.29, 0.717) is 5.95 Å². The third-order valence-electron chi connectivity index (χ3n) is 12.5. The quantitative estimate of drug-likeness (QED) is 0.178. The maximum atomic E-state index is 5.52. The summed E-state index contributed by atoms with van der Waals surface area (Å²) in [5, 5.41) is 11.0. The van der Waals surface area contributed by atoms with E-state index in [0.717, 1.165) is 58.5 Å². The Bertz CT molecular complexity index is 3730. The SMILES string of the molecule is C1=Cc2sc3c(-c4ccc(-c5nc(-n6c7ccc(-c8cccc9c8sc8ccccc89)cc7c7c8ccccc8ccc76)nc6c5=CCCC=6)cc4)cccc3c2CC1. The molecule has 0 N–H and O–H groups in total. The van der Waals surface area contributed by atoms with Gasteiger partial charge in [-0.25, -0.2) is 9.97 Å². The van der Waals surface area contributed by atoms with E-state index >= 15 is 0 Å². The molecule has 0 saturated carbocycles. The number of hydrogen-bond donors (Lipinski definition) is 0. The summed E-state index contributed by atoms with van der Waals surface area (Å²) < 4.78 is 6.32. The fourth-order valence-corrected chi connectivity index (χ4v) is 12.3. The Morgan fingerprint density at radius 3 is 2.17 bits per heavy atom. The Hall–Kier alpha value is -6.66. The van der Waals surface area contributed by atoms with Crippen LogP contribution in [0.3, 0.4) is 0 Å². The molecular weight excluding hydrogens is 755 g/mol. The molecule has 278 valence electrons. The molecule has 0 radical (unpaired) electrons. The number of allylic oxidation sites excluding steroid dienone is 1. The van der Waals surface area contributed by atoms with Gasteiger partial charge in [0.2, 0.25) is 5.95 Å². The minimum absolute atomic E-state index is 0.700. The predicted octanol–water partition coefficient (Wildman–Crippen LogP) is 13.6. The van der Waals surface area contributed by atoms with Crippen LogP contribution in [0.1, 0.15) is 29.7 Å². The number of benzene rings is 7. The molecule has 4 aromatic heterocycles. The van der Waals surface area contributed by atoms with Gasteiger partial charge in [0.05, 0.1) is 22.1 Å². The molecule has 0 amide bonds. The number of aryl methyl sites for hydroxylation is 1. The molecule has 5 heteroatoms. The van der Waals surface area contributed by atoms with E-state index in [-0.39, 0.29) is 0 Å². The van der Waals surface area contributed by atoms with Crippen molar-refractivity contribution < 1.29 is 0 Å². The Balaban J connectivity index is 1.01. The summed E-state index contributed by atoms with van der Waals surface area (Å²) in [5.74, 6) is 0.700. The lowest BCUT2D eigenvalue weighted by molar-refractivity contribution is 0.949. The van der Waals surface area contributed by atoms with E-state index in [1.54, 1.807) is 0 Å². The van der Waals surface area contributed by atoms with E-state index in [4.69, 9.17) is 9.97 Å². The van der Waals surface area contributed by atoms with Crippen molar-refractivity contribution in [3.8, 4) is 39.5 Å². The molecule has 0 saturated heterocycles. The molecule has 11 aromatic rings. The van der Waals surface area contributed by atoms with E-state index in [9.17, 15) is 0 Å². The predicted molar refractivity (Wildman–Crippen MR) is 253 cm³/mol. The van der Waals surface area contributed by atoms with Crippen molar-refractivity contribution in [2.45, 2.75) is 25.7 Å². The average Bonchev–Trinajstić information content (AvgIpc) is 3.98. The van der Waals surface area contributed by atoms with Gasteiger partial charge in [0, 0.05) is 51.3 Å². The van der Waals surface area contributed by atoms with Crippen molar-refractivity contribution in [1.82, 2.24) is 14.5 Å². The van der Waals surface area contributed by atoms with Crippen LogP contribution < -0.4 is 10.6 Å². The van der Waals surface area contributed by atoms with Crippen LogP contribution in [0.15, 0.2) is 146 Å². The molecule has 4 heterocycles. The lowest BCUT2D eigenvalue weighted by atomic mass is 9.97. The molecule has 2 aliphatic carbocycles. The zero-order valence-corrected chi connectivity index (χ0v) is 33.7. The van der Waals surface area contributed by atoms with Gasteiger partial charge in [-0.3, -0.25) is 4.57 Å². The van der Waals surface area contributed by atoms with E-state index < -0.39 is 0 Å². The minimum atomic E-state index is 0.700. The zero-order chi connectivity index (χ0) is 38.6. The van der Waals surface area contributed by atoms with Crippen molar-refractivity contribution in [1.29, 1.82) is 0 Å². The Kier molecular flexibility index (Phi) is 7.30. The highest BCUT2D eigenvalue weighted by molar-refractivity contribution is 7.26. The van der Waals surface area contributed by atoms with Crippen molar-refractivity contribution in [3.05, 3.63) is 167 Å². The standard InChI is InChI=1S/C54H35N3S2/c1-2-12-36-32(11-1)27-30-47-50(36)44-31-35(38-17-10-19-42-40-14-5-8-22-49(40)59-53(38)42)28-29-46(44)57(47)54-55-45-20-6-3-15-43(45)51(56-54)34-25-23-33(24-26-34)37-16-9-18-41-39-13-4-7-21-48(39)58-52(37)41/h1-2,5,7-12,14-31H,3-4,6,13H2. The van der Waals surface area contributed by atoms with E-state index in [1.165, 1.54) is 84.5 Å². The van der Waals surface area contributed by atoms with Gasteiger partial charge in [0.25, 0.3) is 0 Å². The van der Waals surface area contributed by atoms with E-state index in [1.807, 2.05) is 22.7 Å². The maximum Gasteiger partial charge on any atom is 0.235 e. The largest absolute Gasteiger partial charge is 0.278 e. The first-order chi connectivity index (χ1) is 29.2. The van der Waals surface area contributed by atoms with Crippen LogP contribution in [0.25, 0.3) is 121 Å². The molecule has 0 spiro atoms. The van der Waals surface area contributed by atoms with Crippen LogP contribution in [0.2, 0.25) is 0 Å². The molecule has 13 rings (SSSR count). The summed E-state index contributed by atoms with van der Waals surface area (Å²) >= 11 is 3.81. The monoisotopic (exact) mass is 789 g/mol. The summed E-state index contributed by atoms with van der Waals surface area (Å²) in [6, 6.07) is 51.6. The Labute approximate surface area is 348 Å². The molecule has 0 bridgehead atoms. The highest BCUT2D eigenvalue weighted by Crippen LogP contribution is 2.44. The van der Waals surface area contributed by atoms with Gasteiger partial charge in [0.15, 0.2) is 0 Å². The van der Waals surface area contributed by atoms with Gasteiger partial charge in [-0.05, 0) is 100 Å². The number of hydrogen-bond acceptors (Lipinski definition) is 4. The molecule has 59 heavy (non-hydrogen) atoms. The van der Waals surface area contributed by atoms with Crippen LogP contribution in [0, 0.1) is 0 Å². The summed E-state index contributed by atoms with van der Waals surface area (Å²) in [4.78, 5) is 12.3. The van der Waals surface area contributed by atoms with Crippen molar-refractivity contribution in [3.63, 3.8) is 0 Å². The topological polar surface area (TPSA) is 30.7 Å². The minimum Gasteiger partial charge on any atom is -0.278 e. The van der Waals surface area contributed by atoms with Gasteiger partial charge in [-0.1, -0.05) is 133 Å². The van der Waals surface area contributed by atoms with Gasteiger partial charge < -0.3 is 0 Å². The summed E-state index contributed by atoms with van der Waals surface area (Å²) in [6.45, 7) is 0. The molecule has 0 atom stereocenters. The molecule has 0 aliphatic heterocycles. The summed E-state index contributed by atoms with van der Waals surface area (Å²) in [5.41, 5.74) is 10.8. The molecule has 0 unspecified atom stereocenters. The second-order valence-electron chi connectivity index (χ2n) is 15.8. The third kappa shape index (κ3) is 5.05. The van der Waals surface area contributed by atoms with Crippen LogP contribution in [0.5, 0.6) is 0 Å². The highest BCUT2D eigenvalue weighted by atomic mass is 32.1. The molecular formula is C54H35N3S2. The van der Waals surface area contributed by atoms with Gasteiger partial charge in [-0.2, -0.15) is 0 Å². The first kappa shape index (κ1) is 33.3. The number of thiophene rings is 2. The summed E-state index contributed by atoms with van der Waals surface area (Å²) in [6.07, 6.45) is 13.4. The van der Waals surface area contributed by atoms with Gasteiger partial charge >= 0.3 is 0 Å². The van der Waals surface area contributed by atoms with Crippen molar-refractivity contribution in [2.24, 2.45) is 0 Å². The fourth-order valence-electron chi connectivity index (χ4n) is 9.78. The van der Waals surface area contributed by atoms with Gasteiger partial charge in [-0.15, -0.1) is 22.7 Å². The Morgan fingerprint density at radius 1 is 0.525 bits per heavy atom. The normalized spacial score (nSPS) is 13.7. The van der Waals surface area contributed by atoms with Crippen LogP contribution in [-0.4, -0.2) is 14.5 Å². The fraction of sp³-hybridized carbons (Fsp3) is 0.0741.